The molecule has 1 fully saturated rings. The Hall–Kier alpha value is -6.06. The summed E-state index contributed by atoms with van der Waals surface area (Å²) >= 11 is 1.47. The molecule has 14 heteroatoms. The second-order valence-electron chi connectivity index (χ2n) is 13.4. The Morgan fingerprint density at radius 2 is 1.60 bits per heavy atom. The van der Waals surface area contributed by atoms with Gasteiger partial charge in [0.25, 0.3) is 0 Å². The summed E-state index contributed by atoms with van der Waals surface area (Å²) in [7, 11) is 1.30. The van der Waals surface area contributed by atoms with Crippen LogP contribution in [0, 0.1) is 0 Å². The topological polar surface area (TPSA) is 170 Å². The summed E-state index contributed by atoms with van der Waals surface area (Å²) < 4.78 is 19.7. The number of hydrogen-bond acceptors (Lipinski definition) is 11. The summed E-state index contributed by atoms with van der Waals surface area (Å²) in [5, 5.41) is 37.8. The number of aromatic nitrogens is 4. The quantitative estimate of drug-likeness (QED) is 0.0707. The number of phenols is 1. The van der Waals surface area contributed by atoms with E-state index in [0.29, 0.717) is 23.8 Å². The molecule has 0 spiro atoms. The summed E-state index contributed by atoms with van der Waals surface area (Å²) in [6.07, 6.45) is -0.296. The van der Waals surface area contributed by atoms with Gasteiger partial charge in [-0.1, -0.05) is 115 Å². The van der Waals surface area contributed by atoms with Crippen molar-refractivity contribution in [3.8, 4) is 22.6 Å². The van der Waals surface area contributed by atoms with Crippen LogP contribution >= 0.6 is 11.8 Å². The molecule has 0 bridgehead atoms. The Morgan fingerprint density at radius 1 is 0.877 bits per heavy atom. The van der Waals surface area contributed by atoms with E-state index in [1.165, 1.54) is 18.9 Å². The van der Waals surface area contributed by atoms with Crippen LogP contribution in [0.2, 0.25) is 0 Å². The first-order chi connectivity index (χ1) is 27.9. The van der Waals surface area contributed by atoms with Crippen LogP contribution in [-0.2, 0) is 38.6 Å². The number of aliphatic hydroxyl groups is 1. The van der Waals surface area contributed by atoms with Crippen LogP contribution in [-0.4, -0.2) is 67.4 Å². The minimum atomic E-state index is -0.843. The number of hydrogen-bond donors (Lipinski definition) is 4. The number of rotatable bonds is 14. The average molecular weight is 787 g/mol. The highest BCUT2D eigenvalue weighted by molar-refractivity contribution is 7.99. The molecule has 2 amide bonds. The molecule has 0 saturated carbocycles. The lowest BCUT2D eigenvalue weighted by atomic mass is 9.98. The van der Waals surface area contributed by atoms with Crippen LogP contribution in [0.15, 0.2) is 133 Å². The van der Waals surface area contributed by atoms with Gasteiger partial charge in [-0.15, -0.1) is 5.10 Å². The van der Waals surface area contributed by atoms with Crippen molar-refractivity contribution in [2.24, 2.45) is 0 Å². The van der Waals surface area contributed by atoms with Crippen LogP contribution in [0.1, 0.15) is 46.6 Å². The highest BCUT2D eigenvalue weighted by atomic mass is 32.2. The van der Waals surface area contributed by atoms with E-state index in [9.17, 15) is 19.8 Å². The molecule has 4 N–H and O–H groups in total. The van der Waals surface area contributed by atoms with Gasteiger partial charge in [-0.05, 0) is 68.1 Å². The summed E-state index contributed by atoms with van der Waals surface area (Å²) in [5.41, 5.74) is 7.01. The highest BCUT2D eigenvalue weighted by Crippen LogP contribution is 2.40. The predicted octanol–water partition coefficient (Wildman–Crippen LogP) is 6.45. The van der Waals surface area contributed by atoms with E-state index in [0.717, 1.165) is 44.6 Å². The lowest BCUT2D eigenvalue weighted by Gasteiger charge is -2.36. The maximum Gasteiger partial charge on any atom is 0.328 e. The second-order valence-corrected chi connectivity index (χ2v) is 14.4. The monoisotopic (exact) mass is 786 g/mol. The Kier molecular flexibility index (Phi) is 12.9. The molecule has 4 atom stereocenters. The fraction of sp³-hybridized carbons (Fsp3) is 0.233. The van der Waals surface area contributed by atoms with E-state index >= 15 is 0 Å². The molecular weight excluding hydrogens is 745 g/mol. The SMILES string of the molecule is COC(=O)[C@H](Cc1ccccc1)NC(=O)NCc1ccccc1-c1ccc([C@H]2O[C@@H](CSc3nnnn3-c3ccc(O)cc3)C[C@@H](c3ccc(CO)cc3)O2)cc1. The van der Waals surface area contributed by atoms with Crippen LogP contribution in [0.4, 0.5) is 4.79 Å². The van der Waals surface area contributed by atoms with Crippen molar-refractivity contribution >= 4 is 23.8 Å². The molecule has 0 radical (unpaired) electrons. The Morgan fingerprint density at radius 3 is 2.33 bits per heavy atom. The van der Waals surface area contributed by atoms with Crippen molar-refractivity contribution in [3.05, 3.63) is 155 Å². The van der Waals surface area contributed by atoms with E-state index in [1.807, 2.05) is 103 Å². The third kappa shape index (κ3) is 10.0. The number of carbonyl (C=O) groups is 2. The number of ether oxygens (including phenoxy) is 3. The zero-order chi connectivity index (χ0) is 39.6. The van der Waals surface area contributed by atoms with Crippen molar-refractivity contribution in [1.82, 2.24) is 30.8 Å². The lowest BCUT2D eigenvalue weighted by molar-refractivity contribution is -0.245. The van der Waals surface area contributed by atoms with Gasteiger partial charge < -0.3 is 35.1 Å². The molecule has 0 unspecified atom stereocenters. The minimum absolute atomic E-state index is 0.0457. The van der Waals surface area contributed by atoms with Gasteiger partial charge >= 0.3 is 12.0 Å². The molecule has 5 aromatic carbocycles. The molecule has 2 heterocycles. The molecule has 6 aromatic rings. The number of esters is 1. The van der Waals surface area contributed by atoms with Crippen molar-refractivity contribution < 1.29 is 34.0 Å². The molecule has 1 aliphatic heterocycles. The van der Waals surface area contributed by atoms with Gasteiger partial charge in [0.05, 0.1) is 31.6 Å². The molecular formula is C43H42N6O7S. The molecule has 292 valence electrons. The van der Waals surface area contributed by atoms with Crippen LogP contribution in [0.3, 0.4) is 0 Å². The van der Waals surface area contributed by atoms with E-state index in [1.54, 1.807) is 28.9 Å². The summed E-state index contributed by atoms with van der Waals surface area (Å²) in [4.78, 5) is 25.5. The third-order valence-electron chi connectivity index (χ3n) is 9.57. The van der Waals surface area contributed by atoms with Crippen LogP contribution in [0.25, 0.3) is 16.8 Å². The number of nitrogens with one attached hydrogen (secondary N) is 2. The number of carbonyl (C=O) groups excluding carboxylic acids is 2. The largest absolute Gasteiger partial charge is 0.508 e. The van der Waals surface area contributed by atoms with Gasteiger partial charge in [0, 0.05) is 30.7 Å². The van der Waals surface area contributed by atoms with Crippen molar-refractivity contribution in [2.45, 2.75) is 55.7 Å². The molecule has 57 heavy (non-hydrogen) atoms. The standard InChI is InChI=1S/C43H42N6O7S/c1-54-40(52)38(23-28-7-3-2-4-8-28)45-42(53)44-25-33-9-5-6-10-37(33)30-15-17-32(18-16-30)41-55-36(24-39(56-41)31-13-11-29(26-50)12-14-31)27-57-43-46-47-48-49(43)34-19-21-35(51)22-20-34/h2-22,36,38-39,41,50-51H,23-27H2,1H3,(H2,44,45,53)/t36-,38+,39+,41+/m1/s1. The van der Waals surface area contributed by atoms with Gasteiger partial charge in [0.15, 0.2) is 6.29 Å². The van der Waals surface area contributed by atoms with E-state index < -0.39 is 24.3 Å². The Balaban J connectivity index is 1.04. The number of phenolic OH excluding ortho intramolecular Hbond substituents is 1. The smallest absolute Gasteiger partial charge is 0.328 e. The van der Waals surface area contributed by atoms with Crippen LogP contribution < -0.4 is 10.6 Å². The molecule has 1 aliphatic rings. The normalized spacial score (nSPS) is 17.1. The summed E-state index contributed by atoms with van der Waals surface area (Å²) in [5.74, 6) is 0.173. The zero-order valence-electron chi connectivity index (χ0n) is 31.1. The number of thioether (sulfide) groups is 1. The second kappa shape index (κ2) is 18.7. The van der Waals surface area contributed by atoms with Gasteiger partial charge in [-0.3, -0.25) is 0 Å². The van der Waals surface area contributed by atoms with Gasteiger partial charge in [-0.2, -0.15) is 4.68 Å². The van der Waals surface area contributed by atoms with Crippen molar-refractivity contribution in [3.63, 3.8) is 0 Å². The first-order valence-corrected chi connectivity index (χ1v) is 19.4. The zero-order valence-corrected chi connectivity index (χ0v) is 31.9. The maximum absolute atomic E-state index is 13.0. The first-order valence-electron chi connectivity index (χ1n) is 18.4. The number of benzene rings is 5. The molecule has 1 saturated heterocycles. The number of aliphatic hydroxyl groups excluding tert-OH is 1. The summed E-state index contributed by atoms with van der Waals surface area (Å²) in [6.45, 7) is 0.180. The number of tetrazole rings is 1. The third-order valence-corrected chi connectivity index (χ3v) is 10.6. The molecule has 7 rings (SSSR count). The number of aromatic hydroxyl groups is 1. The fourth-order valence-corrected chi connectivity index (χ4v) is 7.47. The Labute approximate surface area is 334 Å². The molecule has 0 aliphatic carbocycles. The summed E-state index contributed by atoms with van der Waals surface area (Å²) in [6, 6.07) is 38.3. The molecule has 13 nitrogen and oxygen atoms in total. The van der Waals surface area contributed by atoms with Gasteiger partial charge in [0.1, 0.15) is 11.8 Å². The van der Waals surface area contributed by atoms with E-state index in [-0.39, 0.29) is 31.1 Å². The fourth-order valence-electron chi connectivity index (χ4n) is 6.56. The van der Waals surface area contributed by atoms with Gasteiger partial charge in [-0.25, -0.2) is 9.59 Å². The first kappa shape index (κ1) is 39.2. The average Bonchev–Trinajstić information content (AvgIpc) is 3.74. The highest BCUT2D eigenvalue weighted by Gasteiger charge is 2.33. The van der Waals surface area contributed by atoms with Crippen molar-refractivity contribution in [2.75, 3.05) is 12.9 Å². The number of urea groups is 1. The Bertz CT molecular complexity index is 2240. The van der Waals surface area contributed by atoms with Crippen molar-refractivity contribution in [1.29, 1.82) is 0 Å². The van der Waals surface area contributed by atoms with Crippen LogP contribution in [0.5, 0.6) is 5.75 Å². The number of methoxy groups -OCH3 is 1. The molecule has 1 aromatic heterocycles. The van der Waals surface area contributed by atoms with Gasteiger partial charge in [0.2, 0.25) is 5.16 Å². The van der Waals surface area contributed by atoms with E-state index in [2.05, 4.69) is 26.2 Å². The minimum Gasteiger partial charge on any atom is -0.508 e. The number of amides is 2. The lowest BCUT2D eigenvalue weighted by Crippen LogP contribution is -2.47. The maximum atomic E-state index is 13.0. The predicted molar refractivity (Wildman–Crippen MR) is 213 cm³/mol. The van der Waals surface area contributed by atoms with E-state index in [4.69, 9.17) is 14.2 Å². The number of nitrogens with zero attached hydrogens (tertiary/aromatic N) is 4.